The zero-order valence-electron chi connectivity index (χ0n) is 10.9. The molecule has 0 aliphatic carbocycles. The van der Waals surface area contributed by atoms with Crippen molar-refractivity contribution in [2.24, 2.45) is 11.1 Å². The third-order valence-electron chi connectivity index (χ3n) is 3.12. The van der Waals surface area contributed by atoms with E-state index < -0.39 is 10.0 Å². The van der Waals surface area contributed by atoms with Gasteiger partial charge >= 0.3 is 0 Å². The van der Waals surface area contributed by atoms with Gasteiger partial charge in [0.25, 0.3) is 0 Å². The number of primary sulfonamides is 1. The highest BCUT2D eigenvalue weighted by Crippen LogP contribution is 2.32. The molecule has 2 rings (SSSR count). The summed E-state index contributed by atoms with van der Waals surface area (Å²) in [5.41, 5.74) is 0.742. The van der Waals surface area contributed by atoms with E-state index >= 15 is 0 Å². The Morgan fingerprint density at radius 2 is 2.20 bits per heavy atom. The fourth-order valence-corrected chi connectivity index (χ4v) is 3.79. The van der Waals surface area contributed by atoms with Crippen molar-refractivity contribution in [1.82, 2.24) is 0 Å². The third kappa shape index (κ3) is 3.61. The van der Waals surface area contributed by atoms with Gasteiger partial charge in [0.05, 0.1) is 18.6 Å². The van der Waals surface area contributed by atoms with E-state index in [1.807, 2.05) is 12.1 Å². The Hall–Kier alpha value is -0.870. The molecule has 1 amide bonds. The van der Waals surface area contributed by atoms with Gasteiger partial charge in [0, 0.05) is 28.5 Å². The molecule has 1 atom stereocenters. The number of anilines is 1. The number of hydrogen-bond donors (Lipinski definition) is 1. The summed E-state index contributed by atoms with van der Waals surface area (Å²) in [5, 5.41) is 5.04. The average Bonchev–Trinajstić information content (AvgIpc) is 2.68. The van der Waals surface area contributed by atoms with Crippen molar-refractivity contribution >= 4 is 44.2 Å². The number of nitrogens with zero attached hydrogens (tertiary/aromatic N) is 1. The van der Waals surface area contributed by atoms with Gasteiger partial charge in [-0.3, -0.25) is 4.79 Å². The number of sulfonamides is 1. The number of halogens is 1. The van der Waals surface area contributed by atoms with Crippen LogP contribution in [0.3, 0.4) is 0 Å². The number of carbonyl (C=O) groups is 1. The van der Waals surface area contributed by atoms with E-state index in [4.69, 9.17) is 9.88 Å². The highest BCUT2D eigenvalue weighted by atomic mass is 127. The van der Waals surface area contributed by atoms with Crippen molar-refractivity contribution in [3.8, 4) is 5.75 Å². The molecule has 6 nitrogen and oxygen atoms in total. The summed E-state index contributed by atoms with van der Waals surface area (Å²) in [6, 6.07) is 5.45. The van der Waals surface area contributed by atoms with Crippen LogP contribution in [0.1, 0.15) is 6.42 Å². The number of rotatable bonds is 4. The van der Waals surface area contributed by atoms with Gasteiger partial charge in [0.2, 0.25) is 15.9 Å². The molecular formula is C12H15IN2O4S. The van der Waals surface area contributed by atoms with Crippen molar-refractivity contribution in [1.29, 1.82) is 0 Å². The maximum absolute atomic E-state index is 12.1. The van der Waals surface area contributed by atoms with E-state index in [9.17, 15) is 13.2 Å². The first-order valence-corrected chi connectivity index (χ1v) is 8.74. The third-order valence-corrected chi connectivity index (χ3v) is 4.97. The van der Waals surface area contributed by atoms with E-state index in [0.29, 0.717) is 12.3 Å². The van der Waals surface area contributed by atoms with Gasteiger partial charge in [0.15, 0.2) is 0 Å². The number of benzene rings is 1. The Balaban J connectivity index is 2.24. The molecule has 1 unspecified atom stereocenters. The van der Waals surface area contributed by atoms with Crippen LogP contribution in [0.4, 0.5) is 5.69 Å². The lowest BCUT2D eigenvalue weighted by molar-refractivity contribution is -0.117. The van der Waals surface area contributed by atoms with Crippen molar-refractivity contribution in [3.63, 3.8) is 0 Å². The van der Waals surface area contributed by atoms with Crippen LogP contribution in [-0.4, -0.2) is 33.7 Å². The fourth-order valence-electron chi connectivity index (χ4n) is 2.28. The second-order valence-electron chi connectivity index (χ2n) is 4.72. The molecule has 8 heteroatoms. The predicted octanol–water partition coefficient (Wildman–Crippen LogP) is 0.941. The molecule has 2 N–H and O–H groups in total. The Labute approximate surface area is 131 Å². The summed E-state index contributed by atoms with van der Waals surface area (Å²) in [6.07, 6.45) is 0.198. The standard InChI is InChI=1S/C12H15IN2O4S/c1-19-9-2-3-10(13)11(5-9)15-6-8(4-12(15)16)7-20(14,17)18/h2-3,5,8H,4,6-7H2,1H3,(H2,14,17,18). The lowest BCUT2D eigenvalue weighted by Crippen LogP contribution is -2.28. The highest BCUT2D eigenvalue weighted by Gasteiger charge is 2.33. The van der Waals surface area contributed by atoms with Crippen LogP contribution < -0.4 is 14.8 Å². The molecule has 1 fully saturated rings. The zero-order chi connectivity index (χ0) is 14.9. The number of nitrogens with two attached hydrogens (primary N) is 1. The highest BCUT2D eigenvalue weighted by molar-refractivity contribution is 14.1. The van der Waals surface area contributed by atoms with Crippen molar-refractivity contribution < 1.29 is 17.9 Å². The predicted molar refractivity (Wildman–Crippen MR) is 84.1 cm³/mol. The minimum Gasteiger partial charge on any atom is -0.497 e. The largest absolute Gasteiger partial charge is 0.497 e. The van der Waals surface area contributed by atoms with Gasteiger partial charge in [-0.25, -0.2) is 13.6 Å². The Bertz CT molecular complexity index is 632. The molecule has 1 heterocycles. The van der Waals surface area contributed by atoms with Crippen LogP contribution in [0, 0.1) is 9.49 Å². The molecule has 0 bridgehead atoms. The second kappa shape index (κ2) is 5.86. The van der Waals surface area contributed by atoms with E-state index in [1.165, 1.54) is 0 Å². The van der Waals surface area contributed by atoms with E-state index in [0.717, 1.165) is 9.26 Å². The Morgan fingerprint density at radius 1 is 1.50 bits per heavy atom. The lowest BCUT2D eigenvalue weighted by Gasteiger charge is -2.19. The van der Waals surface area contributed by atoms with Gasteiger partial charge < -0.3 is 9.64 Å². The molecule has 0 radical (unpaired) electrons. The summed E-state index contributed by atoms with van der Waals surface area (Å²) >= 11 is 2.14. The van der Waals surface area contributed by atoms with Crippen LogP contribution >= 0.6 is 22.6 Å². The molecule has 1 saturated heterocycles. The summed E-state index contributed by atoms with van der Waals surface area (Å²) < 4.78 is 28.3. The number of hydrogen-bond acceptors (Lipinski definition) is 4. The first-order valence-electron chi connectivity index (χ1n) is 5.94. The van der Waals surface area contributed by atoms with E-state index in [-0.39, 0.29) is 24.0 Å². The molecule has 1 aliphatic rings. The van der Waals surface area contributed by atoms with Crippen molar-refractivity contribution in [3.05, 3.63) is 21.8 Å². The minimum absolute atomic E-state index is 0.0928. The van der Waals surface area contributed by atoms with Gasteiger partial charge in [-0.05, 0) is 34.7 Å². The minimum atomic E-state index is -3.56. The molecule has 20 heavy (non-hydrogen) atoms. The smallest absolute Gasteiger partial charge is 0.227 e. The maximum atomic E-state index is 12.1. The van der Waals surface area contributed by atoms with E-state index in [1.54, 1.807) is 18.1 Å². The monoisotopic (exact) mass is 410 g/mol. The van der Waals surface area contributed by atoms with Crippen LogP contribution in [0.25, 0.3) is 0 Å². The molecule has 1 aromatic carbocycles. The maximum Gasteiger partial charge on any atom is 0.227 e. The molecule has 0 spiro atoms. The topological polar surface area (TPSA) is 89.7 Å². The van der Waals surface area contributed by atoms with Gasteiger partial charge in [-0.15, -0.1) is 0 Å². The van der Waals surface area contributed by atoms with Crippen LogP contribution in [0.2, 0.25) is 0 Å². The first kappa shape index (κ1) is 15.5. The van der Waals surface area contributed by atoms with Gasteiger partial charge in [-0.1, -0.05) is 0 Å². The lowest BCUT2D eigenvalue weighted by atomic mass is 10.1. The van der Waals surface area contributed by atoms with Crippen LogP contribution in [-0.2, 0) is 14.8 Å². The first-order chi connectivity index (χ1) is 9.30. The SMILES string of the molecule is COc1ccc(I)c(N2CC(CS(N)(=O)=O)CC2=O)c1. The van der Waals surface area contributed by atoms with Crippen LogP contribution in [0.5, 0.6) is 5.75 Å². The van der Waals surface area contributed by atoms with Gasteiger partial charge in [-0.2, -0.15) is 0 Å². The summed E-state index contributed by atoms with van der Waals surface area (Å²) in [5.74, 6) is 0.128. The molecule has 0 aromatic heterocycles. The normalized spacial score (nSPS) is 19.4. The number of ether oxygens (including phenoxy) is 1. The summed E-state index contributed by atoms with van der Waals surface area (Å²) in [6.45, 7) is 0.360. The van der Waals surface area contributed by atoms with Gasteiger partial charge in [0.1, 0.15) is 5.75 Å². The number of amides is 1. The van der Waals surface area contributed by atoms with Crippen molar-refractivity contribution in [2.75, 3.05) is 24.3 Å². The molecular weight excluding hydrogens is 395 g/mol. The molecule has 110 valence electrons. The zero-order valence-corrected chi connectivity index (χ0v) is 13.8. The molecule has 1 aliphatic heterocycles. The Morgan fingerprint density at radius 3 is 2.80 bits per heavy atom. The van der Waals surface area contributed by atoms with Crippen LogP contribution in [0.15, 0.2) is 18.2 Å². The summed E-state index contributed by atoms with van der Waals surface area (Å²) in [4.78, 5) is 13.7. The van der Waals surface area contributed by atoms with E-state index in [2.05, 4.69) is 22.6 Å². The summed E-state index contributed by atoms with van der Waals surface area (Å²) in [7, 11) is -2.01. The second-order valence-corrected chi connectivity index (χ2v) is 7.54. The number of carbonyl (C=O) groups excluding carboxylic acids is 1. The fraction of sp³-hybridized carbons (Fsp3) is 0.417. The molecule has 0 saturated carbocycles. The Kier molecular flexibility index (Phi) is 4.55. The quantitative estimate of drug-likeness (QED) is 0.749. The average molecular weight is 410 g/mol. The number of methoxy groups -OCH3 is 1. The molecule has 1 aromatic rings. The van der Waals surface area contributed by atoms with Crippen molar-refractivity contribution in [2.45, 2.75) is 6.42 Å².